The number of furan rings is 1. The number of hydrogen-bond acceptors (Lipinski definition) is 6. The molecule has 0 bridgehead atoms. The molecule has 0 spiro atoms. The van der Waals surface area contributed by atoms with Crippen molar-refractivity contribution in [3.63, 3.8) is 0 Å². The second kappa shape index (κ2) is 6.25. The van der Waals surface area contributed by atoms with Crippen molar-refractivity contribution in [2.75, 3.05) is 0 Å². The van der Waals surface area contributed by atoms with Gasteiger partial charge in [-0.2, -0.15) is 4.98 Å². The molecule has 1 saturated carbocycles. The molecule has 1 aromatic carbocycles. The van der Waals surface area contributed by atoms with E-state index >= 15 is 0 Å². The molecule has 0 aliphatic heterocycles. The van der Waals surface area contributed by atoms with Crippen LogP contribution in [0.2, 0.25) is 0 Å². The lowest BCUT2D eigenvalue weighted by Crippen LogP contribution is -2.06. The standard InChI is InChI=1S/C19H17N5O2/c1-2-5-14(4-1)24-17-9-7-13(12-16(17)21-23-24)19-20-18(26-22-19)10-8-15-6-3-11-25-15/h3,6-12,14H,1-2,4-5H2/b10-8+. The van der Waals surface area contributed by atoms with E-state index in [9.17, 15) is 0 Å². The van der Waals surface area contributed by atoms with E-state index in [-0.39, 0.29) is 0 Å². The third kappa shape index (κ3) is 2.71. The van der Waals surface area contributed by atoms with E-state index < -0.39 is 0 Å². The first kappa shape index (κ1) is 15.1. The van der Waals surface area contributed by atoms with Crippen LogP contribution in [0, 0.1) is 0 Å². The van der Waals surface area contributed by atoms with E-state index in [1.165, 1.54) is 25.7 Å². The first-order chi connectivity index (χ1) is 12.9. The Balaban J connectivity index is 1.42. The van der Waals surface area contributed by atoms with E-state index in [0.29, 0.717) is 17.8 Å². The molecule has 4 aromatic rings. The van der Waals surface area contributed by atoms with E-state index in [0.717, 1.165) is 22.4 Å². The lowest BCUT2D eigenvalue weighted by atomic mass is 10.1. The van der Waals surface area contributed by atoms with Gasteiger partial charge in [0.1, 0.15) is 11.3 Å². The van der Waals surface area contributed by atoms with Gasteiger partial charge < -0.3 is 8.94 Å². The van der Waals surface area contributed by atoms with Gasteiger partial charge in [0.05, 0.1) is 17.8 Å². The van der Waals surface area contributed by atoms with Crippen LogP contribution in [0.5, 0.6) is 0 Å². The van der Waals surface area contributed by atoms with Crippen molar-refractivity contribution in [1.82, 2.24) is 25.1 Å². The zero-order chi connectivity index (χ0) is 17.3. The van der Waals surface area contributed by atoms with Crippen LogP contribution in [-0.4, -0.2) is 25.1 Å². The second-order valence-electron chi connectivity index (χ2n) is 6.48. The molecule has 7 nitrogen and oxygen atoms in total. The van der Waals surface area contributed by atoms with Gasteiger partial charge in [0, 0.05) is 11.6 Å². The van der Waals surface area contributed by atoms with Crippen LogP contribution < -0.4 is 0 Å². The molecule has 5 rings (SSSR count). The molecule has 0 amide bonds. The summed E-state index contributed by atoms with van der Waals surface area (Å²) in [5, 5.41) is 12.7. The van der Waals surface area contributed by atoms with Gasteiger partial charge in [-0.05, 0) is 49.2 Å². The highest BCUT2D eigenvalue weighted by molar-refractivity contribution is 5.80. The molecule has 0 N–H and O–H groups in total. The zero-order valence-electron chi connectivity index (χ0n) is 14.1. The predicted octanol–water partition coefficient (Wildman–Crippen LogP) is 4.36. The first-order valence-corrected chi connectivity index (χ1v) is 8.77. The highest BCUT2D eigenvalue weighted by Gasteiger charge is 2.20. The van der Waals surface area contributed by atoms with Crippen LogP contribution in [0.3, 0.4) is 0 Å². The van der Waals surface area contributed by atoms with Gasteiger partial charge in [-0.3, -0.25) is 0 Å². The molecule has 1 aliphatic rings. The third-order valence-corrected chi connectivity index (χ3v) is 4.77. The Bertz CT molecular complexity index is 1050. The summed E-state index contributed by atoms with van der Waals surface area (Å²) in [4.78, 5) is 4.41. The maximum atomic E-state index is 5.29. The highest BCUT2D eigenvalue weighted by atomic mass is 16.5. The minimum atomic E-state index is 0.422. The lowest BCUT2D eigenvalue weighted by molar-refractivity contribution is 0.411. The molecule has 7 heteroatoms. The average molecular weight is 347 g/mol. The Kier molecular flexibility index (Phi) is 3.62. The first-order valence-electron chi connectivity index (χ1n) is 8.77. The van der Waals surface area contributed by atoms with Gasteiger partial charge in [0.15, 0.2) is 0 Å². The second-order valence-corrected chi connectivity index (χ2v) is 6.48. The maximum Gasteiger partial charge on any atom is 0.251 e. The van der Waals surface area contributed by atoms with E-state index in [1.807, 2.05) is 30.3 Å². The number of aromatic nitrogens is 5. The lowest BCUT2D eigenvalue weighted by Gasteiger charge is -2.09. The Morgan fingerprint density at radius 1 is 1.12 bits per heavy atom. The summed E-state index contributed by atoms with van der Waals surface area (Å²) in [7, 11) is 0. The fourth-order valence-electron chi connectivity index (χ4n) is 3.46. The van der Waals surface area contributed by atoms with Crippen molar-refractivity contribution in [3.05, 3.63) is 48.2 Å². The van der Waals surface area contributed by atoms with Crippen LogP contribution in [0.4, 0.5) is 0 Å². The summed E-state index contributed by atoms with van der Waals surface area (Å²) in [6.07, 6.45) is 10.0. The highest BCUT2D eigenvalue weighted by Crippen LogP contribution is 2.31. The number of rotatable bonds is 4. The van der Waals surface area contributed by atoms with Crippen LogP contribution in [0.1, 0.15) is 43.4 Å². The van der Waals surface area contributed by atoms with Crippen molar-refractivity contribution in [2.24, 2.45) is 0 Å². The topological polar surface area (TPSA) is 82.8 Å². The van der Waals surface area contributed by atoms with Crippen molar-refractivity contribution in [1.29, 1.82) is 0 Å². The third-order valence-electron chi connectivity index (χ3n) is 4.77. The van der Waals surface area contributed by atoms with Gasteiger partial charge in [0.2, 0.25) is 5.82 Å². The number of hydrogen-bond donors (Lipinski definition) is 0. The summed E-state index contributed by atoms with van der Waals surface area (Å²) in [6.45, 7) is 0. The van der Waals surface area contributed by atoms with Crippen LogP contribution in [-0.2, 0) is 0 Å². The quantitative estimate of drug-likeness (QED) is 0.545. The van der Waals surface area contributed by atoms with E-state index in [1.54, 1.807) is 18.4 Å². The van der Waals surface area contributed by atoms with Gasteiger partial charge in [0.25, 0.3) is 5.89 Å². The molecule has 0 atom stereocenters. The molecule has 3 heterocycles. The molecule has 26 heavy (non-hydrogen) atoms. The molecule has 0 unspecified atom stereocenters. The Morgan fingerprint density at radius 3 is 2.88 bits per heavy atom. The number of nitrogens with zero attached hydrogens (tertiary/aromatic N) is 5. The average Bonchev–Trinajstić information content (AvgIpc) is 3.47. The molecular formula is C19H17N5O2. The Labute approximate surface area is 149 Å². The summed E-state index contributed by atoms with van der Waals surface area (Å²) in [6, 6.07) is 10.1. The smallest absolute Gasteiger partial charge is 0.251 e. The van der Waals surface area contributed by atoms with Gasteiger partial charge >= 0.3 is 0 Å². The van der Waals surface area contributed by atoms with E-state index in [4.69, 9.17) is 8.94 Å². The van der Waals surface area contributed by atoms with Crippen LogP contribution in [0.25, 0.3) is 34.6 Å². The van der Waals surface area contributed by atoms with Crippen LogP contribution in [0.15, 0.2) is 45.5 Å². The van der Waals surface area contributed by atoms with Crippen molar-refractivity contribution < 1.29 is 8.94 Å². The van der Waals surface area contributed by atoms with E-state index in [2.05, 4.69) is 25.1 Å². The summed E-state index contributed by atoms with van der Waals surface area (Å²) in [5.41, 5.74) is 2.77. The fourth-order valence-corrected chi connectivity index (χ4v) is 3.46. The molecule has 0 radical (unpaired) electrons. The zero-order valence-corrected chi connectivity index (χ0v) is 14.1. The monoisotopic (exact) mass is 347 g/mol. The summed E-state index contributed by atoms with van der Waals surface area (Å²) in [5.74, 6) is 1.68. The minimum absolute atomic E-state index is 0.422. The molecular weight excluding hydrogens is 330 g/mol. The SMILES string of the molecule is C(=C\c1nc(-c2ccc3c(c2)nnn3C2CCCC2)no1)/c1ccco1. The number of benzene rings is 1. The van der Waals surface area contributed by atoms with Crippen molar-refractivity contribution in [3.8, 4) is 11.4 Å². The molecule has 130 valence electrons. The molecule has 1 fully saturated rings. The Hall–Kier alpha value is -3.22. The Morgan fingerprint density at radius 2 is 2.04 bits per heavy atom. The van der Waals surface area contributed by atoms with Crippen LogP contribution >= 0.6 is 0 Å². The fraction of sp³-hybridized carbons (Fsp3) is 0.263. The maximum absolute atomic E-state index is 5.29. The minimum Gasteiger partial charge on any atom is -0.465 e. The normalized spacial score (nSPS) is 15.5. The molecule has 1 aliphatic carbocycles. The van der Waals surface area contributed by atoms with Gasteiger partial charge in [-0.1, -0.05) is 23.2 Å². The van der Waals surface area contributed by atoms with Crippen molar-refractivity contribution in [2.45, 2.75) is 31.7 Å². The predicted molar refractivity (Wildman–Crippen MR) is 96.0 cm³/mol. The largest absolute Gasteiger partial charge is 0.465 e. The summed E-state index contributed by atoms with van der Waals surface area (Å²) >= 11 is 0. The molecule has 0 saturated heterocycles. The molecule has 3 aromatic heterocycles. The van der Waals surface area contributed by atoms with Gasteiger partial charge in [-0.25, -0.2) is 4.68 Å². The van der Waals surface area contributed by atoms with Crippen molar-refractivity contribution >= 4 is 23.2 Å². The van der Waals surface area contributed by atoms with Gasteiger partial charge in [-0.15, -0.1) is 5.10 Å². The summed E-state index contributed by atoms with van der Waals surface area (Å²) < 4.78 is 12.6. The number of fused-ring (bicyclic) bond motifs is 1.